The number of anilines is 1. The predicted molar refractivity (Wildman–Crippen MR) is 84.3 cm³/mol. The van der Waals surface area contributed by atoms with E-state index >= 15 is 0 Å². The molecule has 5 heteroatoms. The van der Waals surface area contributed by atoms with E-state index in [2.05, 4.69) is 21.2 Å². The van der Waals surface area contributed by atoms with Crippen molar-refractivity contribution in [3.8, 4) is 11.5 Å². The number of benzene rings is 2. The molecule has 4 nitrogen and oxygen atoms in total. The molecule has 2 aromatic carbocycles. The minimum Gasteiger partial charge on any atom is -0.486 e. The SMILES string of the molecule is Cc1cccc(C(=O)Nc2cc3c(cc2Br)OCCO3)c1. The zero-order valence-corrected chi connectivity index (χ0v) is 13.1. The fraction of sp³-hybridized carbons (Fsp3) is 0.188. The molecule has 0 radical (unpaired) electrons. The minimum absolute atomic E-state index is 0.156. The molecule has 1 aliphatic heterocycles. The summed E-state index contributed by atoms with van der Waals surface area (Å²) in [4.78, 5) is 12.3. The van der Waals surface area contributed by atoms with E-state index in [0.29, 0.717) is 36.0 Å². The lowest BCUT2D eigenvalue weighted by molar-refractivity contribution is 0.102. The number of amides is 1. The van der Waals surface area contributed by atoms with Crippen LogP contribution in [-0.4, -0.2) is 19.1 Å². The van der Waals surface area contributed by atoms with Gasteiger partial charge in [-0.25, -0.2) is 0 Å². The van der Waals surface area contributed by atoms with Crippen LogP contribution >= 0.6 is 15.9 Å². The van der Waals surface area contributed by atoms with E-state index in [1.807, 2.05) is 25.1 Å². The number of ether oxygens (including phenoxy) is 2. The Kier molecular flexibility index (Phi) is 3.84. The van der Waals surface area contributed by atoms with Gasteiger partial charge in [0, 0.05) is 22.2 Å². The Morgan fingerprint density at radius 1 is 1.14 bits per heavy atom. The first-order chi connectivity index (χ1) is 10.1. The number of hydrogen-bond acceptors (Lipinski definition) is 3. The van der Waals surface area contributed by atoms with Gasteiger partial charge in [0.1, 0.15) is 13.2 Å². The van der Waals surface area contributed by atoms with E-state index in [0.717, 1.165) is 10.0 Å². The lowest BCUT2D eigenvalue weighted by Gasteiger charge is -2.20. The molecule has 1 amide bonds. The van der Waals surface area contributed by atoms with Gasteiger partial charge in [-0.1, -0.05) is 17.7 Å². The summed E-state index contributed by atoms with van der Waals surface area (Å²) in [6, 6.07) is 11.0. The maximum Gasteiger partial charge on any atom is 0.255 e. The number of fused-ring (bicyclic) bond motifs is 1. The standard InChI is InChI=1S/C16H14BrNO3/c1-10-3-2-4-11(7-10)16(19)18-13-9-15-14(8-12(13)17)20-5-6-21-15/h2-4,7-9H,5-6H2,1H3,(H,18,19). The minimum atomic E-state index is -0.156. The average Bonchev–Trinajstić information content (AvgIpc) is 2.48. The van der Waals surface area contributed by atoms with E-state index in [4.69, 9.17) is 9.47 Å². The van der Waals surface area contributed by atoms with Crippen LogP contribution in [0.1, 0.15) is 15.9 Å². The van der Waals surface area contributed by atoms with E-state index in [-0.39, 0.29) is 5.91 Å². The van der Waals surface area contributed by atoms with Gasteiger partial charge in [-0.3, -0.25) is 4.79 Å². The van der Waals surface area contributed by atoms with Gasteiger partial charge in [0.15, 0.2) is 11.5 Å². The molecule has 1 aliphatic rings. The number of carbonyl (C=O) groups excluding carboxylic acids is 1. The number of halogens is 1. The summed E-state index contributed by atoms with van der Waals surface area (Å²) in [5.41, 5.74) is 2.33. The van der Waals surface area contributed by atoms with Gasteiger partial charge in [-0.2, -0.15) is 0 Å². The second kappa shape index (κ2) is 5.77. The molecule has 0 aliphatic carbocycles. The summed E-state index contributed by atoms with van der Waals surface area (Å²) in [6.07, 6.45) is 0. The third kappa shape index (κ3) is 3.03. The Bertz CT molecular complexity index is 700. The van der Waals surface area contributed by atoms with Crippen LogP contribution in [0.2, 0.25) is 0 Å². The first kappa shape index (κ1) is 13.9. The van der Waals surface area contributed by atoms with Crippen molar-refractivity contribution in [1.82, 2.24) is 0 Å². The molecule has 1 heterocycles. The second-order valence-corrected chi connectivity index (χ2v) is 5.65. The molecular weight excluding hydrogens is 334 g/mol. The van der Waals surface area contributed by atoms with Crippen molar-refractivity contribution >= 4 is 27.5 Å². The van der Waals surface area contributed by atoms with E-state index in [1.54, 1.807) is 18.2 Å². The predicted octanol–water partition coefficient (Wildman–Crippen LogP) is 3.78. The molecule has 0 unspecified atom stereocenters. The topological polar surface area (TPSA) is 47.6 Å². The van der Waals surface area contributed by atoms with E-state index < -0.39 is 0 Å². The van der Waals surface area contributed by atoms with Gasteiger partial charge >= 0.3 is 0 Å². The molecule has 0 aromatic heterocycles. The van der Waals surface area contributed by atoms with E-state index in [1.165, 1.54) is 0 Å². The molecule has 0 saturated carbocycles. The Hall–Kier alpha value is -2.01. The number of nitrogens with one attached hydrogen (secondary N) is 1. The number of carbonyl (C=O) groups is 1. The van der Waals surface area contributed by atoms with Crippen LogP contribution < -0.4 is 14.8 Å². The quantitative estimate of drug-likeness (QED) is 0.899. The van der Waals surface area contributed by atoms with Crippen molar-refractivity contribution in [1.29, 1.82) is 0 Å². The summed E-state index contributed by atoms with van der Waals surface area (Å²) < 4.78 is 11.8. The summed E-state index contributed by atoms with van der Waals surface area (Å²) in [5, 5.41) is 2.88. The molecule has 0 fully saturated rings. The molecule has 0 saturated heterocycles. The lowest BCUT2D eigenvalue weighted by Crippen LogP contribution is -2.17. The summed E-state index contributed by atoms with van der Waals surface area (Å²) in [6.45, 7) is 3.01. The highest BCUT2D eigenvalue weighted by molar-refractivity contribution is 9.10. The van der Waals surface area contributed by atoms with Crippen molar-refractivity contribution < 1.29 is 14.3 Å². The molecule has 0 atom stereocenters. The Labute approximate surface area is 131 Å². The lowest BCUT2D eigenvalue weighted by atomic mass is 10.1. The zero-order chi connectivity index (χ0) is 14.8. The Balaban J connectivity index is 1.86. The highest BCUT2D eigenvalue weighted by Gasteiger charge is 2.16. The normalized spacial score (nSPS) is 12.9. The first-order valence-corrected chi connectivity index (χ1v) is 7.40. The molecule has 1 N–H and O–H groups in total. The maximum absolute atomic E-state index is 12.3. The molecule has 0 spiro atoms. The molecule has 21 heavy (non-hydrogen) atoms. The van der Waals surface area contributed by atoms with Crippen LogP contribution in [0.5, 0.6) is 11.5 Å². The number of aryl methyl sites for hydroxylation is 1. The van der Waals surface area contributed by atoms with Gasteiger partial charge in [0.25, 0.3) is 5.91 Å². The van der Waals surface area contributed by atoms with Gasteiger partial charge in [-0.15, -0.1) is 0 Å². The maximum atomic E-state index is 12.3. The highest BCUT2D eigenvalue weighted by atomic mass is 79.9. The van der Waals surface area contributed by atoms with Crippen molar-refractivity contribution in [2.24, 2.45) is 0 Å². The van der Waals surface area contributed by atoms with E-state index in [9.17, 15) is 4.79 Å². The fourth-order valence-corrected chi connectivity index (χ4v) is 2.56. The molecular formula is C16H14BrNO3. The summed E-state index contributed by atoms with van der Waals surface area (Å²) in [5.74, 6) is 1.17. The smallest absolute Gasteiger partial charge is 0.255 e. The zero-order valence-electron chi connectivity index (χ0n) is 11.5. The van der Waals surface area contributed by atoms with Crippen molar-refractivity contribution in [3.05, 3.63) is 52.0 Å². The highest BCUT2D eigenvalue weighted by Crippen LogP contribution is 2.38. The summed E-state index contributed by atoms with van der Waals surface area (Å²) in [7, 11) is 0. The van der Waals surface area contributed by atoms with Crippen LogP contribution in [0.3, 0.4) is 0 Å². The van der Waals surface area contributed by atoms with Crippen LogP contribution in [0.25, 0.3) is 0 Å². The third-order valence-electron chi connectivity index (χ3n) is 3.16. The van der Waals surface area contributed by atoms with Crippen LogP contribution in [0.4, 0.5) is 5.69 Å². The molecule has 108 valence electrons. The van der Waals surface area contributed by atoms with Gasteiger partial charge in [0.2, 0.25) is 0 Å². The van der Waals surface area contributed by atoms with Crippen LogP contribution in [0.15, 0.2) is 40.9 Å². The van der Waals surface area contributed by atoms with Gasteiger partial charge in [-0.05, 0) is 35.0 Å². The fourth-order valence-electron chi connectivity index (χ4n) is 2.14. The monoisotopic (exact) mass is 347 g/mol. The van der Waals surface area contributed by atoms with Gasteiger partial charge in [0.05, 0.1) is 5.69 Å². The largest absolute Gasteiger partial charge is 0.486 e. The molecule has 2 aromatic rings. The molecule has 0 bridgehead atoms. The van der Waals surface area contributed by atoms with Crippen LogP contribution in [0, 0.1) is 6.92 Å². The van der Waals surface area contributed by atoms with Crippen molar-refractivity contribution in [2.75, 3.05) is 18.5 Å². The van der Waals surface area contributed by atoms with Crippen molar-refractivity contribution in [2.45, 2.75) is 6.92 Å². The second-order valence-electron chi connectivity index (χ2n) is 4.80. The van der Waals surface area contributed by atoms with Gasteiger partial charge < -0.3 is 14.8 Å². The Morgan fingerprint density at radius 3 is 2.57 bits per heavy atom. The molecule has 3 rings (SSSR count). The Morgan fingerprint density at radius 2 is 1.86 bits per heavy atom. The first-order valence-electron chi connectivity index (χ1n) is 6.60. The average molecular weight is 348 g/mol. The number of hydrogen-bond donors (Lipinski definition) is 1. The summed E-state index contributed by atoms with van der Waals surface area (Å²) >= 11 is 3.44. The number of rotatable bonds is 2. The van der Waals surface area contributed by atoms with Crippen molar-refractivity contribution in [3.63, 3.8) is 0 Å². The van der Waals surface area contributed by atoms with Crippen LogP contribution in [-0.2, 0) is 0 Å². The third-order valence-corrected chi connectivity index (χ3v) is 3.82.